The summed E-state index contributed by atoms with van der Waals surface area (Å²) in [6, 6.07) is 0. The van der Waals surface area contributed by atoms with Gasteiger partial charge in [-0.25, -0.2) is 17.5 Å². The summed E-state index contributed by atoms with van der Waals surface area (Å²) >= 11 is 0. The van der Waals surface area contributed by atoms with Crippen molar-refractivity contribution >= 4 is 21.9 Å². The van der Waals surface area contributed by atoms with Gasteiger partial charge >= 0.3 is 5.97 Å². The first kappa shape index (κ1) is 11.7. The SMILES string of the molecule is CC1(C)C(=O)N(CC=CC(=O)O)S1(=O)=O. The molecule has 6 nitrogen and oxygen atoms in total. The molecule has 0 aromatic rings. The van der Waals surface area contributed by atoms with Crippen LogP contribution in [0.15, 0.2) is 12.2 Å². The first-order chi connectivity index (χ1) is 6.71. The average molecular weight is 233 g/mol. The third-order valence-corrected chi connectivity index (χ3v) is 4.57. The number of carboxylic acid groups (broad SMARTS) is 1. The van der Waals surface area contributed by atoms with E-state index in [4.69, 9.17) is 5.11 Å². The summed E-state index contributed by atoms with van der Waals surface area (Å²) in [5, 5.41) is 8.28. The summed E-state index contributed by atoms with van der Waals surface area (Å²) in [6.07, 6.45) is 1.92. The van der Waals surface area contributed by atoms with Gasteiger partial charge in [-0.05, 0) is 13.8 Å². The molecule has 1 aliphatic rings. The van der Waals surface area contributed by atoms with Gasteiger partial charge in [0.2, 0.25) is 0 Å². The molecule has 0 unspecified atom stereocenters. The molecule has 84 valence electrons. The molecule has 0 atom stereocenters. The van der Waals surface area contributed by atoms with Crippen molar-refractivity contribution in [3.63, 3.8) is 0 Å². The maximum absolute atomic E-state index is 11.5. The Morgan fingerprint density at radius 1 is 1.53 bits per heavy atom. The van der Waals surface area contributed by atoms with Crippen molar-refractivity contribution in [1.82, 2.24) is 4.31 Å². The average Bonchev–Trinajstić information content (AvgIpc) is 2.10. The zero-order valence-corrected chi connectivity index (χ0v) is 9.11. The van der Waals surface area contributed by atoms with Crippen molar-refractivity contribution < 1.29 is 23.1 Å². The van der Waals surface area contributed by atoms with Crippen LogP contribution in [0.5, 0.6) is 0 Å². The Hall–Kier alpha value is -1.37. The topological polar surface area (TPSA) is 91.8 Å². The highest BCUT2D eigenvalue weighted by atomic mass is 32.2. The molecule has 7 heteroatoms. The molecule has 1 saturated heterocycles. The number of aliphatic carboxylic acids is 1. The van der Waals surface area contributed by atoms with Gasteiger partial charge in [0.15, 0.2) is 4.75 Å². The van der Waals surface area contributed by atoms with Crippen LogP contribution in [0.1, 0.15) is 13.8 Å². The Morgan fingerprint density at radius 2 is 2.07 bits per heavy atom. The van der Waals surface area contributed by atoms with E-state index >= 15 is 0 Å². The highest BCUT2D eigenvalue weighted by molar-refractivity contribution is 7.94. The Balaban J connectivity index is 2.77. The molecule has 15 heavy (non-hydrogen) atoms. The van der Waals surface area contributed by atoms with Gasteiger partial charge in [-0.15, -0.1) is 0 Å². The molecule has 1 amide bonds. The lowest BCUT2D eigenvalue weighted by molar-refractivity contribution is -0.133. The van der Waals surface area contributed by atoms with Crippen molar-refractivity contribution in [2.75, 3.05) is 6.54 Å². The van der Waals surface area contributed by atoms with Crippen molar-refractivity contribution in [3.8, 4) is 0 Å². The molecule has 1 rings (SSSR count). The van der Waals surface area contributed by atoms with Crippen LogP contribution >= 0.6 is 0 Å². The summed E-state index contributed by atoms with van der Waals surface area (Å²) in [5.41, 5.74) is 0. The Morgan fingerprint density at radius 3 is 2.47 bits per heavy atom. The van der Waals surface area contributed by atoms with Gasteiger partial charge in [-0.1, -0.05) is 6.08 Å². The van der Waals surface area contributed by atoms with E-state index < -0.39 is 26.6 Å². The van der Waals surface area contributed by atoms with Gasteiger partial charge in [0.1, 0.15) is 0 Å². The normalized spacial score (nSPS) is 22.8. The lowest BCUT2D eigenvalue weighted by Gasteiger charge is -2.42. The van der Waals surface area contributed by atoms with Crippen molar-refractivity contribution in [2.24, 2.45) is 0 Å². The first-order valence-corrected chi connectivity index (χ1v) is 5.61. The number of sulfonamides is 1. The lowest BCUT2D eigenvalue weighted by atomic mass is 10.2. The van der Waals surface area contributed by atoms with Crippen LogP contribution in [0.25, 0.3) is 0 Å². The molecule has 0 aromatic carbocycles. The van der Waals surface area contributed by atoms with Crippen LogP contribution in [0.3, 0.4) is 0 Å². The number of rotatable bonds is 3. The van der Waals surface area contributed by atoms with E-state index in [1.807, 2.05) is 0 Å². The number of amides is 1. The number of carbonyl (C=O) groups excluding carboxylic acids is 1. The molecular formula is C8H11NO5S. The summed E-state index contributed by atoms with van der Waals surface area (Å²) in [5.74, 6) is -1.70. The second kappa shape index (κ2) is 3.34. The second-order valence-corrected chi connectivity index (χ2v) is 6.00. The van der Waals surface area contributed by atoms with Crippen LogP contribution in [0.2, 0.25) is 0 Å². The Labute approximate surface area is 87.2 Å². The molecule has 0 bridgehead atoms. The second-order valence-electron chi connectivity index (χ2n) is 3.59. The molecule has 0 spiro atoms. The predicted molar refractivity (Wildman–Crippen MR) is 51.5 cm³/mol. The van der Waals surface area contributed by atoms with Gasteiger partial charge in [0.25, 0.3) is 15.9 Å². The zero-order chi connectivity index (χ0) is 11.9. The molecule has 0 saturated carbocycles. The lowest BCUT2D eigenvalue weighted by Crippen LogP contribution is -2.67. The smallest absolute Gasteiger partial charge is 0.328 e. The minimum Gasteiger partial charge on any atom is -0.478 e. The third kappa shape index (κ3) is 1.63. The van der Waals surface area contributed by atoms with Crippen LogP contribution in [0.4, 0.5) is 0 Å². The van der Waals surface area contributed by atoms with E-state index in [0.717, 1.165) is 12.2 Å². The molecule has 1 heterocycles. The molecular weight excluding hydrogens is 222 g/mol. The zero-order valence-electron chi connectivity index (χ0n) is 8.30. The summed E-state index contributed by atoms with van der Waals surface area (Å²) in [6.45, 7) is 2.42. The van der Waals surface area contributed by atoms with Gasteiger partial charge < -0.3 is 5.11 Å². The molecule has 1 N–H and O–H groups in total. The van der Waals surface area contributed by atoms with E-state index in [9.17, 15) is 18.0 Å². The first-order valence-electron chi connectivity index (χ1n) is 4.17. The highest BCUT2D eigenvalue weighted by Gasteiger charge is 2.59. The van der Waals surface area contributed by atoms with Gasteiger partial charge in [0, 0.05) is 6.08 Å². The van der Waals surface area contributed by atoms with Gasteiger partial charge in [0.05, 0.1) is 6.54 Å². The van der Waals surface area contributed by atoms with E-state index in [2.05, 4.69) is 0 Å². The fourth-order valence-corrected chi connectivity index (χ4v) is 2.67. The highest BCUT2D eigenvalue weighted by Crippen LogP contribution is 2.34. The fourth-order valence-electron chi connectivity index (χ4n) is 1.19. The van der Waals surface area contributed by atoms with Gasteiger partial charge in [-0.3, -0.25) is 4.79 Å². The Kier molecular flexibility index (Phi) is 2.60. The number of nitrogens with zero attached hydrogens (tertiary/aromatic N) is 1. The van der Waals surface area contributed by atoms with E-state index in [-0.39, 0.29) is 6.54 Å². The van der Waals surface area contributed by atoms with Crippen molar-refractivity contribution in [1.29, 1.82) is 0 Å². The summed E-state index contributed by atoms with van der Waals surface area (Å²) in [7, 11) is -3.61. The maximum atomic E-state index is 11.5. The van der Waals surface area contributed by atoms with Crippen molar-refractivity contribution in [2.45, 2.75) is 18.6 Å². The summed E-state index contributed by atoms with van der Waals surface area (Å²) in [4.78, 5) is 21.5. The van der Waals surface area contributed by atoms with Crippen LogP contribution in [-0.2, 0) is 19.6 Å². The van der Waals surface area contributed by atoms with Crippen LogP contribution in [0, 0.1) is 0 Å². The largest absolute Gasteiger partial charge is 0.478 e. The maximum Gasteiger partial charge on any atom is 0.328 e. The van der Waals surface area contributed by atoms with Gasteiger partial charge in [-0.2, -0.15) is 0 Å². The molecule has 0 aromatic heterocycles. The van der Waals surface area contributed by atoms with Crippen molar-refractivity contribution in [3.05, 3.63) is 12.2 Å². The minimum absolute atomic E-state index is 0.225. The monoisotopic (exact) mass is 233 g/mol. The third-order valence-electron chi connectivity index (χ3n) is 2.21. The summed E-state index contributed by atoms with van der Waals surface area (Å²) < 4.78 is 22.2. The van der Waals surface area contributed by atoms with E-state index in [1.54, 1.807) is 0 Å². The number of hydrogen-bond donors (Lipinski definition) is 1. The predicted octanol–water partition coefficient (Wildman–Crippen LogP) is -0.422. The standard InChI is InChI=1S/C8H11NO5S/c1-8(2)7(12)9(15(8,13)14)5-3-4-6(10)11/h3-4H,5H2,1-2H3,(H,10,11). The molecule has 0 radical (unpaired) electrons. The van der Waals surface area contributed by atoms with Crippen LogP contribution < -0.4 is 0 Å². The number of carboxylic acids is 1. The Bertz CT molecular complexity index is 434. The molecule has 1 aliphatic heterocycles. The molecule has 1 fully saturated rings. The van der Waals surface area contributed by atoms with Crippen LogP contribution in [-0.4, -0.2) is 41.0 Å². The number of hydrogen-bond acceptors (Lipinski definition) is 4. The quantitative estimate of drug-likeness (QED) is 0.668. The van der Waals surface area contributed by atoms with E-state index in [1.165, 1.54) is 13.8 Å². The fraction of sp³-hybridized carbons (Fsp3) is 0.500. The van der Waals surface area contributed by atoms with E-state index in [0.29, 0.717) is 4.31 Å². The molecule has 0 aliphatic carbocycles. The number of carbonyl (C=O) groups is 2. The minimum atomic E-state index is -3.61.